The lowest BCUT2D eigenvalue weighted by molar-refractivity contribution is -0.167. The zero-order chi connectivity index (χ0) is 54.3. The van der Waals surface area contributed by atoms with E-state index in [1.54, 1.807) is 0 Å². The van der Waals surface area contributed by atoms with Crippen molar-refractivity contribution in [3.63, 3.8) is 0 Å². The van der Waals surface area contributed by atoms with E-state index < -0.39 is 6.10 Å². The molecule has 0 fully saturated rings. The van der Waals surface area contributed by atoms with Gasteiger partial charge in [0.15, 0.2) is 6.10 Å². The molecule has 0 bridgehead atoms. The quantitative estimate of drug-likeness (QED) is 0.0261. The predicted molar refractivity (Wildman–Crippen MR) is 325 cm³/mol. The van der Waals surface area contributed by atoms with Gasteiger partial charge in [0.05, 0.1) is 0 Å². The molecule has 0 aliphatic rings. The summed E-state index contributed by atoms with van der Waals surface area (Å²) < 4.78 is 16.9. The van der Waals surface area contributed by atoms with E-state index in [4.69, 9.17) is 14.2 Å². The summed E-state index contributed by atoms with van der Waals surface area (Å²) >= 11 is 0. The molecule has 0 saturated carbocycles. The first-order valence-electron chi connectivity index (χ1n) is 33.1. The lowest BCUT2D eigenvalue weighted by atomic mass is 10.0. The summed E-state index contributed by atoms with van der Waals surface area (Å²) in [6.45, 7) is 6.62. The van der Waals surface area contributed by atoms with Crippen LogP contribution in [-0.2, 0) is 28.6 Å². The molecule has 1 unspecified atom stereocenters. The topological polar surface area (TPSA) is 78.9 Å². The van der Waals surface area contributed by atoms with Crippen LogP contribution in [0.1, 0.15) is 355 Å². The molecule has 0 aliphatic heterocycles. The second-order valence-corrected chi connectivity index (χ2v) is 22.4. The highest BCUT2D eigenvalue weighted by molar-refractivity contribution is 5.71. The summed E-state index contributed by atoms with van der Waals surface area (Å²) in [4.78, 5) is 38.2. The molecule has 0 radical (unpaired) electrons. The minimum absolute atomic E-state index is 0.0718. The molecule has 0 aromatic rings. The van der Waals surface area contributed by atoms with Crippen LogP contribution < -0.4 is 0 Å². The van der Waals surface area contributed by atoms with E-state index in [0.29, 0.717) is 19.3 Å². The van der Waals surface area contributed by atoms with Gasteiger partial charge in [-0.3, -0.25) is 14.4 Å². The van der Waals surface area contributed by atoms with Gasteiger partial charge in [0.25, 0.3) is 0 Å². The van der Waals surface area contributed by atoms with E-state index in [1.165, 1.54) is 238 Å². The summed E-state index contributed by atoms with van der Waals surface area (Å²) in [5, 5.41) is 0. The number of unbranched alkanes of at least 4 members (excludes halogenated alkanes) is 42. The van der Waals surface area contributed by atoms with Gasteiger partial charge < -0.3 is 14.2 Å². The van der Waals surface area contributed by atoms with Gasteiger partial charge in [0, 0.05) is 19.3 Å². The maximum atomic E-state index is 12.9. The molecular weight excluding hydrogens is 925 g/mol. The molecular formula is C69H126O6. The standard InChI is InChI=1S/C69H126O6/c1-4-7-10-13-16-19-21-23-25-27-28-29-30-31-32-33-34-35-36-37-38-39-40-42-43-45-47-50-53-56-59-62-68(71)74-65-66(64-73-67(70)61-58-55-52-49-18-15-12-9-6-3)75-69(72)63-60-57-54-51-48-46-44-41-26-24-22-20-17-14-11-8-5-2/h17,20-21,23-24,26-28,66H,4-16,18-19,22,25,29-65H2,1-3H3/b20-17-,23-21-,26-24-,28-27-. The molecule has 0 saturated heterocycles. The van der Waals surface area contributed by atoms with E-state index in [-0.39, 0.29) is 31.1 Å². The summed E-state index contributed by atoms with van der Waals surface area (Å²) in [5.41, 5.74) is 0. The maximum absolute atomic E-state index is 12.9. The monoisotopic (exact) mass is 1050 g/mol. The minimum atomic E-state index is -0.773. The third-order valence-corrected chi connectivity index (χ3v) is 14.8. The Morgan fingerprint density at radius 1 is 0.267 bits per heavy atom. The number of esters is 3. The lowest BCUT2D eigenvalue weighted by Gasteiger charge is -2.18. The molecule has 0 rings (SSSR count). The van der Waals surface area contributed by atoms with Crippen LogP contribution in [0, 0.1) is 0 Å². The molecule has 0 aromatic carbocycles. The van der Waals surface area contributed by atoms with Crippen LogP contribution in [0.2, 0.25) is 0 Å². The fraction of sp³-hybridized carbons (Fsp3) is 0.841. The fourth-order valence-electron chi connectivity index (χ4n) is 9.80. The molecule has 0 N–H and O–H groups in total. The van der Waals surface area contributed by atoms with E-state index in [2.05, 4.69) is 69.4 Å². The number of ether oxygens (including phenoxy) is 3. The predicted octanol–water partition coefficient (Wildman–Crippen LogP) is 22.6. The molecule has 438 valence electrons. The zero-order valence-corrected chi connectivity index (χ0v) is 50.3. The third-order valence-electron chi connectivity index (χ3n) is 14.8. The summed E-state index contributed by atoms with van der Waals surface area (Å²) in [5.74, 6) is -0.863. The second kappa shape index (κ2) is 63.9. The first kappa shape index (κ1) is 72.4. The lowest BCUT2D eigenvalue weighted by Crippen LogP contribution is -2.30. The van der Waals surface area contributed by atoms with Gasteiger partial charge >= 0.3 is 17.9 Å². The van der Waals surface area contributed by atoms with Crippen molar-refractivity contribution in [2.75, 3.05) is 13.2 Å². The Labute approximate surface area is 467 Å². The largest absolute Gasteiger partial charge is 0.462 e. The number of hydrogen-bond donors (Lipinski definition) is 0. The van der Waals surface area contributed by atoms with Gasteiger partial charge in [-0.1, -0.05) is 301 Å². The van der Waals surface area contributed by atoms with Crippen molar-refractivity contribution in [1.29, 1.82) is 0 Å². The zero-order valence-electron chi connectivity index (χ0n) is 50.3. The Hall–Kier alpha value is -2.63. The van der Waals surface area contributed by atoms with E-state index in [1.807, 2.05) is 0 Å². The summed E-state index contributed by atoms with van der Waals surface area (Å²) in [6.07, 6.45) is 80.0. The second-order valence-electron chi connectivity index (χ2n) is 22.4. The van der Waals surface area contributed by atoms with Crippen LogP contribution in [0.15, 0.2) is 48.6 Å². The maximum Gasteiger partial charge on any atom is 0.306 e. The fourth-order valence-corrected chi connectivity index (χ4v) is 9.80. The smallest absolute Gasteiger partial charge is 0.306 e. The first-order chi connectivity index (χ1) is 37.0. The van der Waals surface area contributed by atoms with Crippen molar-refractivity contribution in [3.8, 4) is 0 Å². The van der Waals surface area contributed by atoms with Crippen LogP contribution in [-0.4, -0.2) is 37.2 Å². The van der Waals surface area contributed by atoms with Gasteiger partial charge in [-0.05, 0) is 83.5 Å². The molecule has 6 heteroatoms. The molecule has 0 aliphatic carbocycles. The number of hydrogen-bond acceptors (Lipinski definition) is 6. The van der Waals surface area contributed by atoms with Crippen molar-refractivity contribution in [3.05, 3.63) is 48.6 Å². The molecule has 0 aromatic heterocycles. The third kappa shape index (κ3) is 62.1. The van der Waals surface area contributed by atoms with Gasteiger partial charge in [-0.15, -0.1) is 0 Å². The van der Waals surface area contributed by atoms with Crippen molar-refractivity contribution >= 4 is 17.9 Å². The molecule has 1 atom stereocenters. The molecule has 6 nitrogen and oxygen atoms in total. The van der Waals surface area contributed by atoms with Crippen molar-refractivity contribution in [2.24, 2.45) is 0 Å². The van der Waals surface area contributed by atoms with Crippen LogP contribution in [0.3, 0.4) is 0 Å². The molecule has 0 amide bonds. The van der Waals surface area contributed by atoms with Gasteiger partial charge in [-0.25, -0.2) is 0 Å². The number of rotatable bonds is 61. The molecule has 0 heterocycles. The normalized spacial score (nSPS) is 12.3. The highest BCUT2D eigenvalue weighted by atomic mass is 16.6. The minimum Gasteiger partial charge on any atom is -0.462 e. The Morgan fingerprint density at radius 2 is 0.480 bits per heavy atom. The van der Waals surface area contributed by atoms with Crippen molar-refractivity contribution < 1.29 is 28.6 Å². The SMILES string of the molecule is CCCCC/C=C\C/C=C\CCCCCCCCCC(=O)OC(COC(=O)CCCCCCCCCCC)COC(=O)CCCCCCCCCCCCCCCCCCCCC/C=C\C/C=C\CCCCCCC. The van der Waals surface area contributed by atoms with Crippen LogP contribution in [0.5, 0.6) is 0 Å². The molecule has 0 spiro atoms. The summed E-state index contributed by atoms with van der Waals surface area (Å²) in [7, 11) is 0. The average Bonchev–Trinajstić information content (AvgIpc) is 3.41. The van der Waals surface area contributed by atoms with E-state index >= 15 is 0 Å². The Kier molecular flexibility index (Phi) is 61.7. The highest BCUT2D eigenvalue weighted by Gasteiger charge is 2.19. The number of carbonyl (C=O) groups excluding carboxylic acids is 3. The molecule has 75 heavy (non-hydrogen) atoms. The number of allylic oxidation sites excluding steroid dienone is 8. The van der Waals surface area contributed by atoms with E-state index in [0.717, 1.165) is 77.0 Å². The van der Waals surface area contributed by atoms with Crippen LogP contribution >= 0.6 is 0 Å². The van der Waals surface area contributed by atoms with Gasteiger partial charge in [-0.2, -0.15) is 0 Å². The van der Waals surface area contributed by atoms with Gasteiger partial charge in [0.1, 0.15) is 13.2 Å². The highest BCUT2D eigenvalue weighted by Crippen LogP contribution is 2.17. The van der Waals surface area contributed by atoms with Crippen LogP contribution in [0.25, 0.3) is 0 Å². The average molecular weight is 1050 g/mol. The van der Waals surface area contributed by atoms with E-state index in [9.17, 15) is 14.4 Å². The Bertz CT molecular complexity index is 1300. The number of carbonyl (C=O) groups is 3. The Morgan fingerprint density at radius 3 is 0.760 bits per heavy atom. The van der Waals surface area contributed by atoms with Crippen molar-refractivity contribution in [1.82, 2.24) is 0 Å². The van der Waals surface area contributed by atoms with Crippen LogP contribution in [0.4, 0.5) is 0 Å². The van der Waals surface area contributed by atoms with Crippen molar-refractivity contribution in [2.45, 2.75) is 361 Å². The Balaban J connectivity index is 4.07. The first-order valence-corrected chi connectivity index (χ1v) is 33.1. The van der Waals surface area contributed by atoms with Gasteiger partial charge in [0.2, 0.25) is 0 Å². The summed E-state index contributed by atoms with van der Waals surface area (Å²) in [6, 6.07) is 0.